The van der Waals surface area contributed by atoms with E-state index in [2.05, 4.69) is 36.7 Å². The van der Waals surface area contributed by atoms with Crippen LogP contribution >= 0.6 is 11.6 Å². The molecule has 0 bridgehead atoms. The largest absolute Gasteiger partial charge is 0.395 e. The minimum absolute atomic E-state index is 0.0227. The lowest BCUT2D eigenvalue weighted by atomic mass is 9.83. The smallest absolute Gasteiger partial charge is 0.228 e. The van der Waals surface area contributed by atoms with E-state index in [9.17, 15) is 10.4 Å². The number of aryl methyl sites for hydroxylation is 1. The Hall–Kier alpha value is -3.23. The number of benzene rings is 1. The molecule has 0 aliphatic carbocycles. The molecule has 3 heterocycles. The lowest BCUT2D eigenvalue weighted by molar-refractivity contribution is 0.219. The van der Waals surface area contributed by atoms with Gasteiger partial charge in [0.15, 0.2) is 5.15 Å². The fourth-order valence-corrected chi connectivity index (χ4v) is 4.34. The first-order valence-corrected chi connectivity index (χ1v) is 11.9. The van der Waals surface area contributed by atoms with Crippen molar-refractivity contribution < 1.29 is 5.11 Å². The van der Waals surface area contributed by atoms with E-state index in [0.717, 1.165) is 36.2 Å². The first kappa shape index (κ1) is 24.9. The van der Waals surface area contributed by atoms with Crippen molar-refractivity contribution in [2.45, 2.75) is 31.7 Å². The van der Waals surface area contributed by atoms with E-state index >= 15 is 0 Å². The Labute approximate surface area is 209 Å². The maximum absolute atomic E-state index is 9.96. The maximum atomic E-state index is 9.96. The van der Waals surface area contributed by atoms with Gasteiger partial charge in [-0.1, -0.05) is 18.5 Å². The molecule has 5 N–H and O–H groups in total. The van der Waals surface area contributed by atoms with Crippen molar-refractivity contribution in [2.24, 2.45) is 5.73 Å². The van der Waals surface area contributed by atoms with Crippen LogP contribution in [0, 0.1) is 11.3 Å². The molecule has 184 valence electrons. The van der Waals surface area contributed by atoms with E-state index in [4.69, 9.17) is 17.3 Å². The molecule has 3 aromatic rings. The van der Waals surface area contributed by atoms with E-state index in [1.807, 2.05) is 24.7 Å². The third kappa shape index (κ3) is 5.39. The number of nitrogens with two attached hydrogens (primary N) is 1. The highest BCUT2D eigenvalue weighted by molar-refractivity contribution is 6.29. The summed E-state index contributed by atoms with van der Waals surface area (Å²) in [5, 5.41) is 30.9. The molecule has 35 heavy (non-hydrogen) atoms. The number of fused-ring (bicyclic) bond motifs is 1. The van der Waals surface area contributed by atoms with E-state index < -0.39 is 5.41 Å². The Morgan fingerprint density at radius 1 is 1.37 bits per heavy atom. The number of rotatable bonds is 10. The fourth-order valence-electron chi connectivity index (χ4n) is 4.15. The zero-order chi connectivity index (χ0) is 25.0. The molecule has 4 rings (SSSR count). The highest BCUT2D eigenvalue weighted by atomic mass is 35.5. The van der Waals surface area contributed by atoms with Gasteiger partial charge in [0.25, 0.3) is 0 Å². The summed E-state index contributed by atoms with van der Waals surface area (Å²) in [5.41, 5.74) is 8.82. The summed E-state index contributed by atoms with van der Waals surface area (Å²) in [6.07, 6.45) is 3.57. The van der Waals surface area contributed by atoms with Crippen molar-refractivity contribution in [1.82, 2.24) is 24.6 Å². The molecule has 1 aromatic carbocycles. The monoisotopic (exact) mass is 495 g/mol. The van der Waals surface area contributed by atoms with Crippen LogP contribution in [0.25, 0.3) is 11.3 Å². The molecule has 10 nitrogen and oxygen atoms in total. The molecule has 11 heteroatoms. The molecule has 2 aromatic heterocycles. The van der Waals surface area contributed by atoms with Crippen LogP contribution in [0.3, 0.4) is 0 Å². The van der Waals surface area contributed by atoms with Gasteiger partial charge in [-0.25, -0.2) is 14.6 Å². The van der Waals surface area contributed by atoms with Crippen molar-refractivity contribution in [3.63, 3.8) is 0 Å². The zero-order valence-corrected chi connectivity index (χ0v) is 20.7. The number of nitrogens with zero attached hydrogens (tertiary/aromatic N) is 6. The minimum Gasteiger partial charge on any atom is -0.395 e. The highest BCUT2D eigenvalue weighted by Gasteiger charge is 2.36. The maximum Gasteiger partial charge on any atom is 0.228 e. The van der Waals surface area contributed by atoms with Crippen molar-refractivity contribution in [3.8, 4) is 17.3 Å². The summed E-state index contributed by atoms with van der Waals surface area (Å²) in [6, 6.07) is 9.59. The van der Waals surface area contributed by atoms with Gasteiger partial charge in [-0.15, -0.1) is 0 Å². The molecular formula is C24H30ClN9O. The molecule has 1 aliphatic rings. The van der Waals surface area contributed by atoms with Crippen LogP contribution in [0.2, 0.25) is 5.15 Å². The normalized spacial score (nSPS) is 16.7. The number of nitrogens with one attached hydrogen (secondary N) is 2. The molecule has 0 saturated heterocycles. The van der Waals surface area contributed by atoms with Crippen LogP contribution in [0.5, 0.6) is 0 Å². The van der Waals surface area contributed by atoms with Gasteiger partial charge in [-0.05, 0) is 50.2 Å². The van der Waals surface area contributed by atoms with Crippen molar-refractivity contribution in [3.05, 3.63) is 46.7 Å². The van der Waals surface area contributed by atoms with Crippen molar-refractivity contribution >= 4 is 29.1 Å². The van der Waals surface area contributed by atoms with Crippen molar-refractivity contribution in [2.75, 3.05) is 44.0 Å². The van der Waals surface area contributed by atoms with Gasteiger partial charge in [0.2, 0.25) is 5.95 Å². The van der Waals surface area contributed by atoms with Crippen LogP contribution in [0.15, 0.2) is 30.5 Å². The summed E-state index contributed by atoms with van der Waals surface area (Å²) >= 11 is 6.18. The van der Waals surface area contributed by atoms with Crippen LogP contribution in [0.1, 0.15) is 30.9 Å². The Morgan fingerprint density at radius 2 is 2.20 bits per heavy atom. The second-order valence-corrected chi connectivity index (χ2v) is 9.45. The molecule has 0 amide bonds. The summed E-state index contributed by atoms with van der Waals surface area (Å²) in [5.74, 6) is 1.09. The summed E-state index contributed by atoms with van der Waals surface area (Å²) in [7, 11) is 1.99. The van der Waals surface area contributed by atoms with Gasteiger partial charge in [-0.2, -0.15) is 10.4 Å². The Balaban J connectivity index is 1.56. The third-order valence-electron chi connectivity index (χ3n) is 6.33. The number of halogens is 1. The molecule has 0 fully saturated rings. The van der Waals surface area contributed by atoms with E-state index in [-0.39, 0.29) is 6.61 Å². The summed E-state index contributed by atoms with van der Waals surface area (Å²) < 4.78 is 1.81. The third-order valence-corrected chi connectivity index (χ3v) is 6.51. The van der Waals surface area contributed by atoms with Crippen molar-refractivity contribution in [1.29, 1.82) is 5.26 Å². The van der Waals surface area contributed by atoms with Gasteiger partial charge < -0.3 is 21.5 Å². The number of nitriles is 1. The van der Waals surface area contributed by atoms with Gasteiger partial charge in [0, 0.05) is 43.0 Å². The molecular weight excluding hydrogens is 466 g/mol. The topological polar surface area (TPSA) is 141 Å². The van der Waals surface area contributed by atoms with Crippen LogP contribution < -0.4 is 16.4 Å². The number of hydrogen-bond acceptors (Lipinski definition) is 9. The zero-order valence-electron chi connectivity index (χ0n) is 19.9. The number of unbranched alkanes of at least 4 members (excludes halogenated alkanes) is 1. The van der Waals surface area contributed by atoms with E-state index in [0.29, 0.717) is 47.9 Å². The average Bonchev–Trinajstić information content (AvgIpc) is 3.40. The van der Waals surface area contributed by atoms with Gasteiger partial charge >= 0.3 is 0 Å². The van der Waals surface area contributed by atoms with E-state index in [1.165, 1.54) is 0 Å². The number of aliphatic hydroxyl groups is 1. The highest BCUT2D eigenvalue weighted by Crippen LogP contribution is 2.41. The van der Waals surface area contributed by atoms with E-state index in [1.54, 1.807) is 24.4 Å². The Kier molecular flexibility index (Phi) is 7.52. The lowest BCUT2D eigenvalue weighted by Crippen LogP contribution is -2.28. The van der Waals surface area contributed by atoms with Gasteiger partial charge in [-0.3, -0.25) is 4.90 Å². The van der Waals surface area contributed by atoms with Crippen LogP contribution in [-0.4, -0.2) is 63.2 Å². The standard InChI is InChI=1S/C24H30ClN9O/c1-24(14-35)13-29-22-17(12-26)9-16(10-18(22)24)19-5-6-28-23(30-19)31-21-11-20(25)32-34(21)8-4-3-7-33(2)15-27/h5-6,9-11,29,35H,3-4,7-8,13-15,27H2,1-2H3,(H,28,30,31). The van der Waals surface area contributed by atoms with Crippen LogP contribution in [-0.2, 0) is 12.0 Å². The quantitative estimate of drug-likeness (QED) is 0.246. The minimum atomic E-state index is -0.465. The summed E-state index contributed by atoms with van der Waals surface area (Å²) in [4.78, 5) is 11.1. The number of aromatic nitrogens is 4. The van der Waals surface area contributed by atoms with Gasteiger partial charge in [0.05, 0.1) is 23.6 Å². The summed E-state index contributed by atoms with van der Waals surface area (Å²) in [6.45, 7) is 4.66. The van der Waals surface area contributed by atoms with Gasteiger partial charge in [0.1, 0.15) is 11.9 Å². The fraction of sp³-hybridized carbons (Fsp3) is 0.417. The first-order chi connectivity index (χ1) is 16.9. The predicted octanol–water partition coefficient (Wildman–Crippen LogP) is 2.91. The second-order valence-electron chi connectivity index (χ2n) is 9.07. The average molecular weight is 496 g/mol. The predicted molar refractivity (Wildman–Crippen MR) is 137 cm³/mol. The molecule has 1 unspecified atom stereocenters. The molecule has 0 spiro atoms. The SMILES string of the molecule is CN(CN)CCCCn1nc(Cl)cc1Nc1nccc(-c2cc(C#N)c3c(c2)C(C)(CO)CN3)n1. The molecule has 0 saturated carbocycles. The number of aliphatic hydroxyl groups excluding tert-OH is 1. The van der Waals surface area contributed by atoms with Crippen LogP contribution in [0.4, 0.5) is 17.5 Å². The number of anilines is 3. The molecule has 1 aliphatic heterocycles. The first-order valence-electron chi connectivity index (χ1n) is 11.5. The second kappa shape index (κ2) is 10.6. The Bertz CT molecular complexity index is 1240. The lowest BCUT2D eigenvalue weighted by Gasteiger charge is -2.21. The molecule has 0 radical (unpaired) electrons. The number of hydrogen-bond donors (Lipinski definition) is 4. The molecule has 1 atom stereocenters. The Morgan fingerprint density at radius 3 is 2.94 bits per heavy atom.